The largest absolute Gasteiger partial charge is 0.475 e. The molecule has 0 radical (unpaired) electrons. The summed E-state index contributed by atoms with van der Waals surface area (Å²) >= 11 is 0. The SMILES string of the molecule is O=C(O)C(=O)c1ccc2c(c1)ncn2C1CC1. The van der Waals surface area contributed by atoms with Crippen LogP contribution >= 0.6 is 0 Å². The smallest absolute Gasteiger partial charge is 0.377 e. The molecule has 0 unspecified atom stereocenters. The molecule has 2 aromatic rings. The highest BCUT2D eigenvalue weighted by atomic mass is 16.4. The monoisotopic (exact) mass is 230 g/mol. The van der Waals surface area contributed by atoms with Crippen LogP contribution in [0.1, 0.15) is 29.2 Å². The van der Waals surface area contributed by atoms with Gasteiger partial charge in [0.25, 0.3) is 5.78 Å². The summed E-state index contributed by atoms with van der Waals surface area (Å²) in [6, 6.07) is 5.35. The van der Waals surface area contributed by atoms with Crippen LogP contribution in [0.3, 0.4) is 0 Å². The number of carboxylic acids is 1. The van der Waals surface area contributed by atoms with E-state index < -0.39 is 11.8 Å². The number of fused-ring (bicyclic) bond motifs is 1. The van der Waals surface area contributed by atoms with Crippen LogP contribution < -0.4 is 0 Å². The van der Waals surface area contributed by atoms with Crippen molar-refractivity contribution in [3.8, 4) is 0 Å². The number of benzene rings is 1. The zero-order valence-corrected chi connectivity index (χ0v) is 8.96. The third-order valence-electron chi connectivity index (χ3n) is 2.97. The zero-order valence-electron chi connectivity index (χ0n) is 8.96. The lowest BCUT2D eigenvalue weighted by Crippen LogP contribution is -2.12. The maximum atomic E-state index is 11.3. The number of carbonyl (C=O) groups is 2. The van der Waals surface area contributed by atoms with E-state index >= 15 is 0 Å². The number of hydrogen-bond donors (Lipinski definition) is 1. The van der Waals surface area contributed by atoms with Crippen molar-refractivity contribution >= 4 is 22.8 Å². The second kappa shape index (κ2) is 3.41. The minimum atomic E-state index is -1.44. The maximum absolute atomic E-state index is 11.3. The van der Waals surface area contributed by atoms with Gasteiger partial charge in [-0.05, 0) is 31.0 Å². The third-order valence-corrected chi connectivity index (χ3v) is 2.97. The Labute approximate surface area is 96.7 Å². The van der Waals surface area contributed by atoms with Gasteiger partial charge in [0.15, 0.2) is 0 Å². The first-order valence-corrected chi connectivity index (χ1v) is 5.41. The number of aliphatic carboxylic acids is 1. The Morgan fingerprint density at radius 3 is 2.76 bits per heavy atom. The lowest BCUT2D eigenvalue weighted by molar-refractivity contribution is -0.131. The summed E-state index contributed by atoms with van der Waals surface area (Å²) in [6.07, 6.45) is 4.06. The highest BCUT2D eigenvalue weighted by molar-refractivity contribution is 6.40. The zero-order chi connectivity index (χ0) is 12.0. The van der Waals surface area contributed by atoms with E-state index in [1.165, 1.54) is 6.07 Å². The van der Waals surface area contributed by atoms with Gasteiger partial charge in [0.1, 0.15) is 0 Å². The van der Waals surface area contributed by atoms with Crippen molar-refractivity contribution in [1.82, 2.24) is 9.55 Å². The van der Waals surface area contributed by atoms with Gasteiger partial charge in [-0.25, -0.2) is 9.78 Å². The van der Waals surface area contributed by atoms with Crippen LogP contribution in [0.5, 0.6) is 0 Å². The number of carboxylic acid groups (broad SMARTS) is 1. The van der Waals surface area contributed by atoms with E-state index in [0.717, 1.165) is 18.4 Å². The van der Waals surface area contributed by atoms with E-state index in [1.807, 2.05) is 0 Å². The van der Waals surface area contributed by atoms with E-state index in [0.29, 0.717) is 11.6 Å². The van der Waals surface area contributed by atoms with Crippen LogP contribution in [0.15, 0.2) is 24.5 Å². The lowest BCUT2D eigenvalue weighted by Gasteiger charge is -2.01. The van der Waals surface area contributed by atoms with Gasteiger partial charge >= 0.3 is 5.97 Å². The predicted molar refractivity (Wildman–Crippen MR) is 60.0 cm³/mol. The molecule has 3 rings (SSSR count). The number of Topliss-reactive ketones (excluding diaryl/α,β-unsaturated/α-hetero) is 1. The van der Waals surface area contributed by atoms with Crippen molar-refractivity contribution in [1.29, 1.82) is 0 Å². The van der Waals surface area contributed by atoms with E-state index in [9.17, 15) is 9.59 Å². The summed E-state index contributed by atoms with van der Waals surface area (Å²) < 4.78 is 2.07. The normalized spacial score (nSPS) is 15.1. The van der Waals surface area contributed by atoms with Gasteiger partial charge in [-0.1, -0.05) is 0 Å². The summed E-state index contributed by atoms with van der Waals surface area (Å²) in [5.74, 6) is -2.33. The second-order valence-corrected chi connectivity index (χ2v) is 4.22. The maximum Gasteiger partial charge on any atom is 0.377 e. The topological polar surface area (TPSA) is 72.2 Å². The van der Waals surface area contributed by atoms with Crippen LogP contribution in [0.25, 0.3) is 11.0 Å². The molecule has 0 amide bonds. The van der Waals surface area contributed by atoms with Crippen molar-refractivity contribution in [3.63, 3.8) is 0 Å². The third kappa shape index (κ3) is 1.60. The molecule has 1 heterocycles. The molecule has 1 fully saturated rings. The molecule has 1 N–H and O–H groups in total. The summed E-state index contributed by atoms with van der Waals surface area (Å²) in [7, 11) is 0. The molecule has 1 saturated carbocycles. The number of hydrogen-bond acceptors (Lipinski definition) is 3. The average molecular weight is 230 g/mol. The fourth-order valence-corrected chi connectivity index (χ4v) is 1.94. The first kappa shape index (κ1) is 10.0. The predicted octanol–water partition coefficient (Wildman–Crippen LogP) is 1.64. The standard InChI is InChI=1S/C12H10N2O3/c15-11(12(16)17)7-1-4-10-9(5-7)13-6-14(10)8-2-3-8/h1,4-6,8H,2-3H2,(H,16,17). The quantitative estimate of drug-likeness (QED) is 0.642. The van der Waals surface area contributed by atoms with E-state index in [-0.39, 0.29) is 5.56 Å². The Bertz CT molecular complexity index is 626. The fraction of sp³-hybridized carbons (Fsp3) is 0.250. The molecule has 1 aromatic carbocycles. The molecule has 1 aliphatic rings. The first-order chi connectivity index (χ1) is 8.16. The molecule has 1 aliphatic carbocycles. The van der Waals surface area contributed by atoms with Crippen LogP contribution in [0.2, 0.25) is 0 Å². The Morgan fingerprint density at radius 1 is 1.35 bits per heavy atom. The molecule has 86 valence electrons. The molecule has 0 atom stereocenters. The highest BCUT2D eigenvalue weighted by Gasteiger charge is 2.25. The number of imidazole rings is 1. The summed E-state index contributed by atoms with van der Waals surface area (Å²) in [6.45, 7) is 0. The van der Waals surface area contributed by atoms with Crippen molar-refractivity contribution in [2.45, 2.75) is 18.9 Å². The second-order valence-electron chi connectivity index (χ2n) is 4.22. The lowest BCUT2D eigenvalue weighted by atomic mass is 10.1. The highest BCUT2D eigenvalue weighted by Crippen LogP contribution is 2.37. The van der Waals surface area contributed by atoms with Gasteiger partial charge in [-0.15, -0.1) is 0 Å². The molecule has 0 aliphatic heterocycles. The van der Waals surface area contributed by atoms with Gasteiger partial charge in [0.2, 0.25) is 0 Å². The fourth-order valence-electron chi connectivity index (χ4n) is 1.94. The van der Waals surface area contributed by atoms with Gasteiger partial charge in [0, 0.05) is 11.6 Å². The van der Waals surface area contributed by atoms with Gasteiger partial charge in [-0.3, -0.25) is 4.79 Å². The molecule has 17 heavy (non-hydrogen) atoms. The van der Waals surface area contributed by atoms with Crippen LogP contribution in [0.4, 0.5) is 0 Å². The van der Waals surface area contributed by atoms with Crippen molar-refractivity contribution in [3.05, 3.63) is 30.1 Å². The molecular weight excluding hydrogens is 220 g/mol. The molecule has 0 spiro atoms. The Hall–Kier alpha value is -2.17. The first-order valence-electron chi connectivity index (χ1n) is 5.41. The molecule has 5 nitrogen and oxygen atoms in total. The molecule has 0 saturated heterocycles. The van der Waals surface area contributed by atoms with Crippen LogP contribution in [-0.2, 0) is 4.79 Å². The van der Waals surface area contributed by atoms with Gasteiger partial charge in [0.05, 0.1) is 17.4 Å². The summed E-state index contributed by atoms with van der Waals surface area (Å²) in [4.78, 5) is 26.1. The summed E-state index contributed by atoms with van der Waals surface area (Å²) in [5.41, 5.74) is 1.80. The van der Waals surface area contributed by atoms with Crippen LogP contribution in [-0.4, -0.2) is 26.4 Å². The number of nitrogens with zero attached hydrogens (tertiary/aromatic N) is 2. The van der Waals surface area contributed by atoms with E-state index in [1.54, 1.807) is 18.5 Å². The molecule has 1 aromatic heterocycles. The minimum Gasteiger partial charge on any atom is -0.475 e. The summed E-state index contributed by atoms with van der Waals surface area (Å²) in [5, 5.41) is 8.64. The number of ketones is 1. The van der Waals surface area contributed by atoms with Gasteiger partial charge in [-0.2, -0.15) is 0 Å². The minimum absolute atomic E-state index is 0.172. The van der Waals surface area contributed by atoms with Crippen molar-refractivity contribution < 1.29 is 14.7 Å². The van der Waals surface area contributed by atoms with E-state index in [2.05, 4.69) is 9.55 Å². The molecular formula is C12H10N2O3. The van der Waals surface area contributed by atoms with Crippen LogP contribution in [0, 0.1) is 0 Å². The molecule has 5 heteroatoms. The Morgan fingerprint density at radius 2 is 2.12 bits per heavy atom. The van der Waals surface area contributed by atoms with Gasteiger partial charge < -0.3 is 9.67 Å². The number of aromatic nitrogens is 2. The van der Waals surface area contributed by atoms with Crippen molar-refractivity contribution in [2.24, 2.45) is 0 Å². The van der Waals surface area contributed by atoms with Crippen molar-refractivity contribution in [2.75, 3.05) is 0 Å². The average Bonchev–Trinajstić information content (AvgIpc) is 3.07. The Kier molecular flexibility index (Phi) is 2.01. The molecule has 0 bridgehead atoms. The number of rotatable bonds is 3. The Balaban J connectivity index is 2.08. The number of carbonyl (C=O) groups excluding carboxylic acids is 1. The van der Waals surface area contributed by atoms with E-state index in [4.69, 9.17) is 5.11 Å².